The molecule has 3 rings (SSSR count). The highest BCUT2D eigenvalue weighted by Gasteiger charge is 2.07. The van der Waals surface area contributed by atoms with E-state index in [9.17, 15) is 4.79 Å². The highest BCUT2D eigenvalue weighted by molar-refractivity contribution is 5.86. The molecule has 0 aliphatic carbocycles. The van der Waals surface area contributed by atoms with Gasteiger partial charge in [-0.05, 0) is 23.8 Å². The zero-order chi connectivity index (χ0) is 16.8. The van der Waals surface area contributed by atoms with Gasteiger partial charge < -0.3 is 15.4 Å². The van der Waals surface area contributed by atoms with Crippen molar-refractivity contribution >= 4 is 22.6 Å². The summed E-state index contributed by atoms with van der Waals surface area (Å²) in [5.41, 5.74) is 1.79. The summed E-state index contributed by atoms with van der Waals surface area (Å²) in [4.78, 5) is 16.5. The Bertz CT molecular complexity index is 834. The van der Waals surface area contributed by atoms with Crippen molar-refractivity contribution in [1.29, 1.82) is 0 Å². The first kappa shape index (κ1) is 15.8. The Balaban J connectivity index is 1.63. The first-order valence-electron chi connectivity index (χ1n) is 7.77. The lowest BCUT2D eigenvalue weighted by Gasteiger charge is -2.10. The van der Waals surface area contributed by atoms with E-state index >= 15 is 0 Å². The molecule has 0 fully saturated rings. The van der Waals surface area contributed by atoms with E-state index in [1.165, 1.54) is 0 Å². The molecule has 0 radical (unpaired) electrons. The van der Waals surface area contributed by atoms with Crippen LogP contribution >= 0.6 is 0 Å². The first-order chi connectivity index (χ1) is 11.8. The molecule has 0 atom stereocenters. The number of pyridine rings is 1. The van der Waals surface area contributed by atoms with Gasteiger partial charge in [0.2, 0.25) is 0 Å². The topological polar surface area (TPSA) is 63.2 Å². The van der Waals surface area contributed by atoms with Crippen LogP contribution in [0.5, 0.6) is 5.75 Å². The normalized spacial score (nSPS) is 10.4. The molecule has 1 heterocycles. The summed E-state index contributed by atoms with van der Waals surface area (Å²) < 4.78 is 5.67. The Kier molecular flexibility index (Phi) is 4.91. The van der Waals surface area contributed by atoms with Crippen LogP contribution in [0.15, 0.2) is 60.7 Å². The van der Waals surface area contributed by atoms with Crippen LogP contribution in [0.25, 0.3) is 10.9 Å². The predicted molar refractivity (Wildman–Crippen MR) is 95.1 cm³/mol. The molecule has 0 saturated heterocycles. The summed E-state index contributed by atoms with van der Waals surface area (Å²) in [7, 11) is 1.81. The maximum Gasteiger partial charge on any atom is 0.258 e. The van der Waals surface area contributed by atoms with Crippen molar-refractivity contribution in [1.82, 2.24) is 10.3 Å². The highest BCUT2D eigenvalue weighted by atomic mass is 16.5. The molecule has 0 unspecified atom stereocenters. The van der Waals surface area contributed by atoms with Crippen molar-refractivity contribution in [2.45, 2.75) is 6.54 Å². The van der Waals surface area contributed by atoms with E-state index in [-0.39, 0.29) is 12.5 Å². The van der Waals surface area contributed by atoms with Gasteiger partial charge in [-0.25, -0.2) is 4.98 Å². The molecule has 1 aromatic heterocycles. The maximum absolute atomic E-state index is 12.0. The molecule has 0 aliphatic rings. The van der Waals surface area contributed by atoms with Gasteiger partial charge in [-0.2, -0.15) is 0 Å². The molecular formula is C19H19N3O2. The van der Waals surface area contributed by atoms with Crippen LogP contribution in [0.4, 0.5) is 5.82 Å². The number of nitrogens with one attached hydrogen (secondary N) is 2. The Morgan fingerprint density at radius 3 is 2.67 bits per heavy atom. The number of ether oxygens (including phenoxy) is 1. The number of hydrogen-bond donors (Lipinski definition) is 2. The highest BCUT2D eigenvalue weighted by Crippen LogP contribution is 2.25. The summed E-state index contributed by atoms with van der Waals surface area (Å²) in [6, 6.07) is 19.3. The number of carbonyl (C=O) groups excluding carboxylic acids is 1. The lowest BCUT2D eigenvalue weighted by molar-refractivity contribution is -0.123. The van der Waals surface area contributed by atoms with E-state index in [0.717, 1.165) is 22.3 Å². The second kappa shape index (κ2) is 7.46. The van der Waals surface area contributed by atoms with Gasteiger partial charge in [0, 0.05) is 19.0 Å². The van der Waals surface area contributed by atoms with E-state index in [1.54, 1.807) is 0 Å². The molecule has 24 heavy (non-hydrogen) atoms. The van der Waals surface area contributed by atoms with E-state index in [0.29, 0.717) is 12.3 Å². The monoisotopic (exact) mass is 321 g/mol. The van der Waals surface area contributed by atoms with E-state index in [2.05, 4.69) is 15.6 Å². The van der Waals surface area contributed by atoms with E-state index in [4.69, 9.17) is 4.74 Å². The van der Waals surface area contributed by atoms with Crippen LogP contribution in [0.1, 0.15) is 5.56 Å². The van der Waals surface area contributed by atoms with Gasteiger partial charge in [0.05, 0.1) is 0 Å². The van der Waals surface area contributed by atoms with Gasteiger partial charge in [-0.3, -0.25) is 4.79 Å². The van der Waals surface area contributed by atoms with Crippen LogP contribution in [0.2, 0.25) is 0 Å². The number of para-hydroxylation sites is 1. The SMILES string of the molecule is CNc1ccc2cccc(OCC(=O)NCc3ccccc3)c2n1. The van der Waals surface area contributed by atoms with Crippen molar-refractivity contribution in [3.8, 4) is 5.75 Å². The average Bonchev–Trinajstić information content (AvgIpc) is 2.65. The molecule has 1 amide bonds. The lowest BCUT2D eigenvalue weighted by Crippen LogP contribution is -2.28. The molecule has 0 aliphatic heterocycles. The Labute approximate surface area is 140 Å². The third kappa shape index (κ3) is 3.81. The number of aromatic nitrogens is 1. The number of hydrogen-bond acceptors (Lipinski definition) is 4. The number of amides is 1. The Hall–Kier alpha value is -3.08. The second-order valence-electron chi connectivity index (χ2n) is 5.33. The van der Waals surface area contributed by atoms with Crippen LogP contribution in [-0.2, 0) is 11.3 Å². The summed E-state index contributed by atoms with van der Waals surface area (Å²) in [5, 5.41) is 6.82. The minimum absolute atomic E-state index is 0.0442. The fraction of sp³-hybridized carbons (Fsp3) is 0.158. The maximum atomic E-state index is 12.0. The lowest BCUT2D eigenvalue weighted by atomic mass is 10.2. The Morgan fingerprint density at radius 1 is 1.04 bits per heavy atom. The van der Waals surface area contributed by atoms with Crippen molar-refractivity contribution in [2.24, 2.45) is 0 Å². The smallest absolute Gasteiger partial charge is 0.258 e. The zero-order valence-corrected chi connectivity index (χ0v) is 13.5. The molecule has 0 bridgehead atoms. The summed E-state index contributed by atoms with van der Waals surface area (Å²) >= 11 is 0. The van der Waals surface area contributed by atoms with Crippen molar-refractivity contribution in [2.75, 3.05) is 19.0 Å². The van der Waals surface area contributed by atoms with Crippen molar-refractivity contribution in [3.63, 3.8) is 0 Å². The summed E-state index contributed by atoms with van der Waals surface area (Å²) in [5.74, 6) is 1.19. The second-order valence-corrected chi connectivity index (χ2v) is 5.33. The fourth-order valence-electron chi connectivity index (χ4n) is 2.37. The van der Waals surface area contributed by atoms with Gasteiger partial charge in [-0.15, -0.1) is 0 Å². The first-order valence-corrected chi connectivity index (χ1v) is 7.77. The molecule has 2 aromatic carbocycles. The molecule has 0 spiro atoms. The molecule has 122 valence electrons. The average molecular weight is 321 g/mol. The minimum Gasteiger partial charge on any atom is -0.481 e. The van der Waals surface area contributed by atoms with Gasteiger partial charge in [-0.1, -0.05) is 42.5 Å². The third-order valence-electron chi connectivity index (χ3n) is 3.63. The van der Waals surface area contributed by atoms with Gasteiger partial charge >= 0.3 is 0 Å². The van der Waals surface area contributed by atoms with Crippen LogP contribution < -0.4 is 15.4 Å². The molecule has 2 N–H and O–H groups in total. The van der Waals surface area contributed by atoms with Gasteiger partial charge in [0.25, 0.3) is 5.91 Å². The van der Waals surface area contributed by atoms with E-state index in [1.807, 2.05) is 67.7 Å². The molecule has 5 heteroatoms. The number of carbonyl (C=O) groups is 1. The summed E-state index contributed by atoms with van der Waals surface area (Å²) in [6.45, 7) is 0.443. The number of anilines is 1. The number of benzene rings is 2. The molecule has 5 nitrogen and oxygen atoms in total. The van der Waals surface area contributed by atoms with E-state index < -0.39 is 0 Å². The predicted octanol–water partition coefficient (Wildman–Crippen LogP) is 2.97. The summed E-state index contributed by atoms with van der Waals surface area (Å²) in [6.07, 6.45) is 0. The van der Waals surface area contributed by atoms with Gasteiger partial charge in [0.15, 0.2) is 6.61 Å². The molecule has 0 saturated carbocycles. The van der Waals surface area contributed by atoms with Crippen molar-refractivity contribution < 1.29 is 9.53 Å². The molecular weight excluding hydrogens is 302 g/mol. The van der Waals surface area contributed by atoms with Gasteiger partial charge in [0.1, 0.15) is 17.1 Å². The minimum atomic E-state index is -0.166. The van der Waals surface area contributed by atoms with Crippen LogP contribution in [0.3, 0.4) is 0 Å². The largest absolute Gasteiger partial charge is 0.481 e. The number of rotatable bonds is 6. The quantitative estimate of drug-likeness (QED) is 0.733. The van der Waals surface area contributed by atoms with Crippen LogP contribution in [0, 0.1) is 0 Å². The molecule has 3 aromatic rings. The third-order valence-corrected chi connectivity index (χ3v) is 3.63. The standard InChI is InChI=1S/C19H19N3O2/c1-20-17-11-10-15-8-5-9-16(19(15)22-17)24-13-18(23)21-12-14-6-3-2-4-7-14/h2-11H,12-13H2,1H3,(H,20,22)(H,21,23). The zero-order valence-electron chi connectivity index (χ0n) is 13.5. The van der Waals surface area contributed by atoms with Crippen LogP contribution in [-0.4, -0.2) is 24.5 Å². The fourth-order valence-corrected chi connectivity index (χ4v) is 2.37. The number of fused-ring (bicyclic) bond motifs is 1. The van der Waals surface area contributed by atoms with Crippen molar-refractivity contribution in [3.05, 3.63) is 66.2 Å². The number of nitrogens with zero attached hydrogens (tertiary/aromatic N) is 1. The Morgan fingerprint density at radius 2 is 1.88 bits per heavy atom.